The van der Waals surface area contributed by atoms with Gasteiger partial charge in [0, 0.05) is 17.8 Å². The Balaban J connectivity index is 2.46. The second-order valence-corrected chi connectivity index (χ2v) is 4.26. The third-order valence-electron chi connectivity index (χ3n) is 2.75. The van der Waals surface area contributed by atoms with Crippen molar-refractivity contribution in [3.05, 3.63) is 58.6 Å². The quantitative estimate of drug-likeness (QED) is 0.667. The topological polar surface area (TPSA) is 60.2 Å². The molecule has 4 nitrogen and oxygen atoms in total. The van der Waals surface area contributed by atoms with Crippen LogP contribution in [-0.2, 0) is 0 Å². The number of pyridine rings is 1. The summed E-state index contributed by atoms with van der Waals surface area (Å²) in [5.41, 5.74) is 3.35. The molecule has 2 aromatic rings. The number of nitrogens with two attached hydrogens (primary N) is 1. The zero-order valence-electron chi connectivity index (χ0n) is 10.2. The largest absolute Gasteiger partial charge is 0.497 e. The first-order valence-corrected chi connectivity index (χ1v) is 5.95. The van der Waals surface area contributed by atoms with Crippen molar-refractivity contribution in [1.29, 1.82) is 0 Å². The molecule has 0 fully saturated rings. The minimum absolute atomic E-state index is 0.351. The summed E-state index contributed by atoms with van der Waals surface area (Å²) in [4.78, 5) is 4.14. The van der Waals surface area contributed by atoms with Gasteiger partial charge in [-0.1, -0.05) is 17.7 Å². The molecule has 0 bridgehead atoms. The molecular formula is C13H13ClFN3O. The van der Waals surface area contributed by atoms with Crippen molar-refractivity contribution in [2.75, 3.05) is 7.11 Å². The predicted octanol–water partition coefficient (Wildman–Crippen LogP) is 2.44. The monoisotopic (exact) mass is 281 g/mol. The Morgan fingerprint density at radius 3 is 2.79 bits per heavy atom. The van der Waals surface area contributed by atoms with Crippen LogP contribution in [0.4, 0.5) is 4.39 Å². The summed E-state index contributed by atoms with van der Waals surface area (Å²) in [5, 5.41) is 0.417. The third-order valence-corrected chi connectivity index (χ3v) is 3.07. The highest BCUT2D eigenvalue weighted by atomic mass is 35.5. The number of nitrogens with one attached hydrogen (secondary N) is 1. The van der Waals surface area contributed by atoms with E-state index in [1.165, 1.54) is 13.2 Å². The van der Waals surface area contributed by atoms with Crippen molar-refractivity contribution in [3.63, 3.8) is 0 Å². The van der Waals surface area contributed by atoms with Crippen LogP contribution in [0.25, 0.3) is 0 Å². The summed E-state index contributed by atoms with van der Waals surface area (Å²) in [7, 11) is 1.47. The number of nitrogens with zero attached hydrogens (tertiary/aromatic N) is 1. The van der Waals surface area contributed by atoms with Crippen LogP contribution in [0.15, 0.2) is 36.5 Å². The van der Waals surface area contributed by atoms with Crippen LogP contribution in [0.1, 0.15) is 17.3 Å². The Labute approximate surface area is 115 Å². The van der Waals surface area contributed by atoms with Crippen LogP contribution in [0.2, 0.25) is 5.02 Å². The van der Waals surface area contributed by atoms with Gasteiger partial charge in [0.2, 0.25) is 0 Å². The molecule has 0 aliphatic heterocycles. The minimum atomic E-state index is -0.625. The number of aromatic nitrogens is 1. The Morgan fingerprint density at radius 1 is 1.42 bits per heavy atom. The van der Waals surface area contributed by atoms with Gasteiger partial charge in [0.25, 0.3) is 0 Å². The van der Waals surface area contributed by atoms with E-state index in [9.17, 15) is 4.39 Å². The van der Waals surface area contributed by atoms with Gasteiger partial charge in [0.1, 0.15) is 11.6 Å². The van der Waals surface area contributed by atoms with E-state index in [2.05, 4.69) is 10.4 Å². The average molecular weight is 282 g/mol. The van der Waals surface area contributed by atoms with Crippen molar-refractivity contribution in [1.82, 2.24) is 10.4 Å². The average Bonchev–Trinajstić information content (AvgIpc) is 2.43. The summed E-state index contributed by atoms with van der Waals surface area (Å²) in [6.45, 7) is 0. The Bertz CT molecular complexity index is 580. The summed E-state index contributed by atoms with van der Waals surface area (Å²) < 4.78 is 19.0. The van der Waals surface area contributed by atoms with E-state index in [1.54, 1.807) is 30.5 Å². The molecule has 0 saturated carbocycles. The lowest BCUT2D eigenvalue weighted by atomic mass is 10.0. The molecular weight excluding hydrogens is 269 g/mol. The van der Waals surface area contributed by atoms with Gasteiger partial charge in [0.15, 0.2) is 0 Å². The number of methoxy groups -OCH3 is 1. The standard InChI is InChI=1S/C13H13ClFN3O/c1-19-8-4-5-9(11(15)7-8)12(18-16)13-10(14)3-2-6-17-13/h2-7,12,18H,16H2,1H3. The Kier molecular flexibility index (Phi) is 4.31. The number of benzene rings is 1. The van der Waals surface area contributed by atoms with Crippen LogP contribution in [0.3, 0.4) is 0 Å². The van der Waals surface area contributed by atoms with Crippen molar-refractivity contribution in [2.24, 2.45) is 5.84 Å². The maximum Gasteiger partial charge on any atom is 0.132 e. The third kappa shape index (κ3) is 2.84. The summed E-state index contributed by atoms with van der Waals surface area (Å²) >= 11 is 6.05. The molecule has 1 heterocycles. The Morgan fingerprint density at radius 2 is 2.21 bits per heavy atom. The fourth-order valence-electron chi connectivity index (χ4n) is 1.80. The number of hydrogen-bond donors (Lipinski definition) is 2. The SMILES string of the molecule is COc1ccc(C(NN)c2ncccc2Cl)c(F)c1. The van der Waals surface area contributed by atoms with Crippen LogP contribution in [0.5, 0.6) is 5.75 Å². The molecule has 1 aromatic heterocycles. The molecule has 3 N–H and O–H groups in total. The summed E-state index contributed by atoms with van der Waals surface area (Å²) in [6, 6.07) is 7.28. The molecule has 100 valence electrons. The zero-order valence-corrected chi connectivity index (χ0v) is 11.0. The predicted molar refractivity (Wildman–Crippen MR) is 71.4 cm³/mol. The molecule has 2 rings (SSSR count). The van der Waals surface area contributed by atoms with Crippen molar-refractivity contribution in [3.8, 4) is 5.75 Å². The molecule has 6 heteroatoms. The fourth-order valence-corrected chi connectivity index (χ4v) is 2.03. The molecule has 1 atom stereocenters. The normalized spacial score (nSPS) is 12.2. The van der Waals surface area contributed by atoms with Gasteiger partial charge in [-0.2, -0.15) is 0 Å². The van der Waals surface area contributed by atoms with E-state index in [4.69, 9.17) is 22.2 Å². The molecule has 0 spiro atoms. The number of ether oxygens (including phenoxy) is 1. The van der Waals surface area contributed by atoms with E-state index < -0.39 is 11.9 Å². The van der Waals surface area contributed by atoms with Gasteiger partial charge in [-0.3, -0.25) is 10.8 Å². The van der Waals surface area contributed by atoms with Gasteiger partial charge in [0.05, 0.1) is 23.9 Å². The minimum Gasteiger partial charge on any atom is -0.497 e. The van der Waals surface area contributed by atoms with Gasteiger partial charge in [-0.15, -0.1) is 0 Å². The smallest absolute Gasteiger partial charge is 0.132 e. The zero-order chi connectivity index (χ0) is 13.8. The lowest BCUT2D eigenvalue weighted by molar-refractivity contribution is 0.410. The van der Waals surface area contributed by atoms with Crippen molar-refractivity contribution in [2.45, 2.75) is 6.04 Å². The van der Waals surface area contributed by atoms with E-state index in [-0.39, 0.29) is 0 Å². The molecule has 0 aliphatic rings. The summed E-state index contributed by atoms with van der Waals surface area (Å²) in [5.74, 6) is 5.49. The van der Waals surface area contributed by atoms with Gasteiger partial charge in [-0.05, 0) is 18.2 Å². The first kappa shape index (κ1) is 13.7. The second kappa shape index (κ2) is 5.97. The summed E-state index contributed by atoms with van der Waals surface area (Å²) in [6.07, 6.45) is 1.58. The Hall–Kier alpha value is -1.69. The van der Waals surface area contributed by atoms with E-state index >= 15 is 0 Å². The number of rotatable bonds is 4. The van der Waals surface area contributed by atoms with Gasteiger partial charge < -0.3 is 4.74 Å². The maximum absolute atomic E-state index is 14.0. The van der Waals surface area contributed by atoms with E-state index in [0.29, 0.717) is 22.0 Å². The maximum atomic E-state index is 14.0. The highest BCUT2D eigenvalue weighted by Gasteiger charge is 2.20. The lowest BCUT2D eigenvalue weighted by Gasteiger charge is -2.18. The van der Waals surface area contributed by atoms with Gasteiger partial charge >= 0.3 is 0 Å². The molecule has 0 aliphatic carbocycles. The molecule has 1 aromatic carbocycles. The highest BCUT2D eigenvalue weighted by molar-refractivity contribution is 6.31. The van der Waals surface area contributed by atoms with E-state index in [0.717, 1.165) is 0 Å². The van der Waals surface area contributed by atoms with Crippen LogP contribution in [-0.4, -0.2) is 12.1 Å². The molecule has 1 unspecified atom stereocenters. The number of hydrazine groups is 1. The fraction of sp³-hybridized carbons (Fsp3) is 0.154. The lowest BCUT2D eigenvalue weighted by Crippen LogP contribution is -2.30. The van der Waals surface area contributed by atoms with E-state index in [1.807, 2.05) is 0 Å². The molecule has 0 amide bonds. The molecule has 0 radical (unpaired) electrons. The first-order chi connectivity index (χ1) is 9.17. The van der Waals surface area contributed by atoms with Crippen molar-refractivity contribution >= 4 is 11.6 Å². The van der Waals surface area contributed by atoms with Crippen LogP contribution < -0.4 is 16.0 Å². The van der Waals surface area contributed by atoms with Crippen LogP contribution in [0, 0.1) is 5.82 Å². The number of halogens is 2. The molecule has 0 saturated heterocycles. The second-order valence-electron chi connectivity index (χ2n) is 3.86. The molecule has 19 heavy (non-hydrogen) atoms. The van der Waals surface area contributed by atoms with Gasteiger partial charge in [-0.25, -0.2) is 9.82 Å². The van der Waals surface area contributed by atoms with Crippen LogP contribution >= 0.6 is 11.6 Å². The first-order valence-electron chi connectivity index (χ1n) is 5.57. The highest BCUT2D eigenvalue weighted by Crippen LogP contribution is 2.29. The number of hydrogen-bond acceptors (Lipinski definition) is 4. The van der Waals surface area contributed by atoms with Crippen molar-refractivity contribution < 1.29 is 9.13 Å².